The van der Waals surface area contributed by atoms with Crippen LogP contribution >= 0.6 is 11.8 Å². The van der Waals surface area contributed by atoms with Crippen LogP contribution in [0, 0.1) is 0 Å². The second-order valence-electron chi connectivity index (χ2n) is 21.0. The van der Waals surface area contributed by atoms with Crippen LogP contribution in [0.4, 0.5) is 0 Å². The lowest BCUT2D eigenvalue weighted by molar-refractivity contribution is -0.157. The smallest absolute Gasteiger partial charge is 0.306 e. The molecule has 1 radical (unpaired) electrons. The number of ether oxygens (including phenoxy) is 2. The first-order chi connectivity index (χ1) is 36.1. The fourth-order valence-electron chi connectivity index (χ4n) is 9.11. The molecule has 0 spiro atoms. The number of carbonyl (C=O) groups excluding carboxylic acids is 6. The summed E-state index contributed by atoms with van der Waals surface area (Å²) >= 11 is 1.24. The van der Waals surface area contributed by atoms with E-state index in [0.717, 1.165) is 64.2 Å². The molecule has 0 saturated carbocycles. The Bertz CT molecular complexity index is 1340. The van der Waals surface area contributed by atoms with Crippen molar-refractivity contribution in [3.8, 4) is 0 Å². The van der Waals surface area contributed by atoms with Gasteiger partial charge in [0.05, 0.1) is 13.2 Å². The summed E-state index contributed by atoms with van der Waals surface area (Å²) in [7, 11) is 0. The van der Waals surface area contributed by atoms with Crippen molar-refractivity contribution in [3.05, 3.63) is 0 Å². The molecule has 0 aliphatic rings. The molecule has 433 valence electrons. The van der Waals surface area contributed by atoms with Crippen LogP contribution in [0.1, 0.15) is 290 Å². The minimum absolute atomic E-state index is 0.0249. The van der Waals surface area contributed by atoms with E-state index in [2.05, 4.69) is 36.7 Å². The van der Waals surface area contributed by atoms with Crippen molar-refractivity contribution in [2.75, 3.05) is 31.3 Å². The molecule has 0 aromatic heterocycles. The first-order valence-corrected chi connectivity index (χ1v) is 31.7. The minimum Gasteiger partial charge on any atom is -0.462 e. The number of hydrogen-bond acceptors (Lipinski definition) is 11. The van der Waals surface area contributed by atoms with E-state index >= 15 is 0 Å². The maximum absolute atomic E-state index is 13.7. The Kier molecular flexibility index (Phi) is 53.0. The van der Waals surface area contributed by atoms with Gasteiger partial charge in [-0.3, -0.25) is 28.8 Å². The SMILES string of the molecule is CCCCCCCCCCCCCCCC(=O)N[C@@H](CSCC(COC(=O)CCCCCCCCCCCCCCC)OC(=O)CCCCCCCCCCCCCCC)C(=O)N[C@@H](CO)C(=O)N[C@H]([C]=O)CO. The highest BCUT2D eigenvalue weighted by molar-refractivity contribution is 7.99. The Morgan fingerprint density at radius 3 is 1.14 bits per heavy atom. The normalized spacial score (nSPS) is 12.9. The van der Waals surface area contributed by atoms with Crippen LogP contribution in [0.3, 0.4) is 0 Å². The standard InChI is InChI=1S/C60H112N3O10S/c1-4-7-10-13-16-19-22-25-28-31-34-37-40-43-56(67)62-55(60(71)63-54(48-66)59(70)61-52(46-64)47-65)51-74-50-53(73-58(69)45-42-39-36-33-30-27-24-21-18-15-12-9-6-3)49-72-57(68)44-41-38-35-32-29-26-23-20-17-14-11-8-5-2/h52-55,64,66H,4-46,48-51H2,1-3H3,(H,61,70)(H,62,67)(H,63,71)/t52-,53?,54-,55-/m0/s1. The van der Waals surface area contributed by atoms with Gasteiger partial charge in [0.1, 0.15) is 30.8 Å². The van der Waals surface area contributed by atoms with Crippen molar-refractivity contribution < 1.29 is 48.5 Å². The molecular formula is C60H112N3O10S. The molecule has 0 heterocycles. The van der Waals surface area contributed by atoms with Gasteiger partial charge in [-0.25, -0.2) is 0 Å². The molecule has 0 aliphatic carbocycles. The molecule has 14 heteroatoms. The second kappa shape index (κ2) is 55.1. The first kappa shape index (κ1) is 71.3. The summed E-state index contributed by atoms with van der Waals surface area (Å²) in [6.45, 7) is 5.07. The zero-order chi connectivity index (χ0) is 54.4. The van der Waals surface area contributed by atoms with Gasteiger partial charge in [0.2, 0.25) is 24.0 Å². The van der Waals surface area contributed by atoms with Crippen molar-refractivity contribution in [3.63, 3.8) is 0 Å². The largest absolute Gasteiger partial charge is 0.462 e. The van der Waals surface area contributed by atoms with Crippen molar-refractivity contribution in [1.29, 1.82) is 0 Å². The fourth-order valence-corrected chi connectivity index (χ4v) is 10.1. The molecule has 4 atom stereocenters. The Morgan fingerprint density at radius 1 is 0.419 bits per heavy atom. The predicted octanol–water partition coefficient (Wildman–Crippen LogP) is 13.2. The van der Waals surface area contributed by atoms with E-state index in [-0.39, 0.29) is 55.2 Å². The van der Waals surface area contributed by atoms with Gasteiger partial charge in [-0.05, 0) is 19.3 Å². The number of rotatable bonds is 57. The number of aliphatic hydroxyl groups excluding tert-OH is 2. The van der Waals surface area contributed by atoms with E-state index in [4.69, 9.17) is 9.47 Å². The number of amides is 3. The highest BCUT2D eigenvalue weighted by atomic mass is 32.2. The quantitative estimate of drug-likeness (QED) is 0.0287. The number of aliphatic hydroxyl groups is 2. The Hall–Kier alpha value is -2.71. The maximum atomic E-state index is 13.7. The predicted molar refractivity (Wildman–Crippen MR) is 305 cm³/mol. The van der Waals surface area contributed by atoms with Crippen LogP contribution in [0.15, 0.2) is 0 Å². The number of hydrogen-bond donors (Lipinski definition) is 5. The van der Waals surface area contributed by atoms with Gasteiger partial charge in [-0.15, -0.1) is 0 Å². The summed E-state index contributed by atoms with van der Waals surface area (Å²) < 4.78 is 11.6. The Labute approximate surface area is 456 Å². The zero-order valence-electron chi connectivity index (χ0n) is 47.6. The molecule has 0 aromatic rings. The van der Waals surface area contributed by atoms with Crippen molar-refractivity contribution in [2.45, 2.75) is 315 Å². The molecule has 0 aliphatic heterocycles. The molecule has 0 bridgehead atoms. The molecular weight excluding hydrogens is 955 g/mol. The summed E-state index contributed by atoms with van der Waals surface area (Å²) in [6.07, 6.45) is 47.8. The molecule has 0 fully saturated rings. The van der Waals surface area contributed by atoms with E-state index in [9.17, 15) is 39.0 Å². The van der Waals surface area contributed by atoms with Gasteiger partial charge in [0, 0.05) is 30.8 Å². The number of esters is 2. The van der Waals surface area contributed by atoms with E-state index < -0.39 is 49.3 Å². The number of nitrogens with one attached hydrogen (secondary N) is 3. The van der Waals surface area contributed by atoms with Gasteiger partial charge in [0.25, 0.3) is 0 Å². The first-order valence-electron chi connectivity index (χ1n) is 30.6. The molecule has 5 N–H and O–H groups in total. The van der Waals surface area contributed by atoms with E-state index in [1.807, 2.05) is 0 Å². The summed E-state index contributed by atoms with van der Waals surface area (Å²) in [5, 5.41) is 26.9. The number of carbonyl (C=O) groups is 5. The Morgan fingerprint density at radius 2 is 0.770 bits per heavy atom. The number of thioether (sulfide) groups is 1. The zero-order valence-corrected chi connectivity index (χ0v) is 48.4. The average molecular weight is 1070 g/mol. The molecule has 3 amide bonds. The number of unbranched alkanes of at least 4 members (excludes halogenated alkanes) is 36. The summed E-state index contributed by atoms with van der Waals surface area (Å²) in [5.74, 6) is -2.50. The van der Waals surface area contributed by atoms with Crippen LogP contribution in [-0.2, 0) is 38.2 Å². The molecule has 13 nitrogen and oxygen atoms in total. The van der Waals surface area contributed by atoms with E-state index in [1.165, 1.54) is 191 Å². The third-order valence-corrected chi connectivity index (χ3v) is 15.1. The van der Waals surface area contributed by atoms with E-state index in [1.54, 1.807) is 0 Å². The maximum Gasteiger partial charge on any atom is 0.306 e. The fraction of sp³-hybridized carbons (Fsp3) is 0.900. The minimum atomic E-state index is -1.47. The van der Waals surface area contributed by atoms with Crippen LogP contribution in [-0.4, -0.2) is 102 Å². The van der Waals surface area contributed by atoms with Crippen LogP contribution in [0.25, 0.3) is 0 Å². The lowest BCUT2D eigenvalue weighted by Crippen LogP contribution is -2.57. The molecule has 0 saturated heterocycles. The highest BCUT2D eigenvalue weighted by Gasteiger charge is 2.28. The van der Waals surface area contributed by atoms with Crippen molar-refractivity contribution in [2.24, 2.45) is 0 Å². The third-order valence-electron chi connectivity index (χ3n) is 13.9. The highest BCUT2D eigenvalue weighted by Crippen LogP contribution is 2.18. The molecule has 0 rings (SSSR count). The average Bonchev–Trinajstić information content (AvgIpc) is 3.39. The van der Waals surface area contributed by atoms with Crippen LogP contribution in [0.2, 0.25) is 0 Å². The van der Waals surface area contributed by atoms with Crippen LogP contribution < -0.4 is 16.0 Å². The topological polar surface area (TPSA) is 197 Å². The molecule has 0 aromatic carbocycles. The van der Waals surface area contributed by atoms with Crippen LogP contribution in [0.5, 0.6) is 0 Å². The Balaban J connectivity index is 5.40. The van der Waals surface area contributed by atoms with E-state index in [0.29, 0.717) is 12.8 Å². The molecule has 74 heavy (non-hydrogen) atoms. The summed E-state index contributed by atoms with van der Waals surface area (Å²) in [6, 6.07) is -3.95. The summed E-state index contributed by atoms with van der Waals surface area (Å²) in [5.41, 5.74) is 0. The van der Waals surface area contributed by atoms with Gasteiger partial charge in [-0.2, -0.15) is 11.8 Å². The van der Waals surface area contributed by atoms with Gasteiger partial charge in [-0.1, -0.05) is 252 Å². The van der Waals surface area contributed by atoms with Gasteiger partial charge >= 0.3 is 11.9 Å². The second-order valence-corrected chi connectivity index (χ2v) is 22.1. The third kappa shape index (κ3) is 46.6. The monoisotopic (exact) mass is 1070 g/mol. The van der Waals surface area contributed by atoms with Gasteiger partial charge in [0.15, 0.2) is 0 Å². The van der Waals surface area contributed by atoms with Gasteiger partial charge < -0.3 is 35.6 Å². The van der Waals surface area contributed by atoms with Crippen molar-refractivity contribution >= 4 is 47.7 Å². The lowest BCUT2D eigenvalue weighted by Gasteiger charge is -2.23. The lowest BCUT2D eigenvalue weighted by atomic mass is 10.0. The summed E-state index contributed by atoms with van der Waals surface area (Å²) in [4.78, 5) is 77.0. The molecule has 1 unspecified atom stereocenters. The van der Waals surface area contributed by atoms with Crippen molar-refractivity contribution in [1.82, 2.24) is 16.0 Å².